The molecule has 162 valence electrons. The van der Waals surface area contributed by atoms with E-state index in [1.807, 2.05) is 54.6 Å². The topological polar surface area (TPSA) is 85.3 Å². The summed E-state index contributed by atoms with van der Waals surface area (Å²) in [7, 11) is 0. The lowest BCUT2D eigenvalue weighted by molar-refractivity contribution is -0.133. The summed E-state index contributed by atoms with van der Waals surface area (Å²) < 4.78 is 20.0. The maximum atomic E-state index is 12.9. The first-order valence-corrected chi connectivity index (χ1v) is 11.0. The van der Waals surface area contributed by atoms with Crippen molar-refractivity contribution in [3.8, 4) is 0 Å². The monoisotopic (exact) mass is 452 g/mol. The number of hydrogen-bond acceptors (Lipinski definition) is 6. The second-order valence-corrected chi connectivity index (χ2v) is 8.39. The molecular weight excluding hydrogens is 428 g/mol. The highest BCUT2D eigenvalue weighted by atomic mass is 35.5. The maximum absolute atomic E-state index is 12.9. The first-order chi connectivity index (χ1) is 14.5. The molecule has 1 aliphatic rings. The molecule has 0 bridgehead atoms. The molecule has 0 aromatic heterocycles. The van der Waals surface area contributed by atoms with Crippen molar-refractivity contribution >= 4 is 34.5 Å². The van der Waals surface area contributed by atoms with E-state index in [0.717, 1.165) is 11.3 Å². The van der Waals surface area contributed by atoms with E-state index in [-0.39, 0.29) is 6.54 Å². The molecule has 2 N–H and O–H groups in total. The van der Waals surface area contributed by atoms with Crippen LogP contribution in [0.2, 0.25) is 5.02 Å². The van der Waals surface area contributed by atoms with Gasteiger partial charge >= 0.3 is 0 Å². The number of anilines is 1. The summed E-state index contributed by atoms with van der Waals surface area (Å²) >= 11 is 4.03. The molecule has 2 aromatic carbocycles. The Hall–Kier alpha value is -2.01. The Balaban J connectivity index is 1.61. The normalized spacial score (nSPS) is 17.0. The van der Waals surface area contributed by atoms with Gasteiger partial charge in [0.25, 0.3) is 17.2 Å². The Morgan fingerprint density at radius 3 is 2.40 bits per heavy atom. The van der Waals surface area contributed by atoms with Gasteiger partial charge in [0, 0.05) is 43.4 Å². The summed E-state index contributed by atoms with van der Waals surface area (Å²) in [5.41, 5.74) is 3.56. The van der Waals surface area contributed by atoms with E-state index >= 15 is 0 Å². The lowest BCUT2D eigenvalue weighted by Crippen LogP contribution is -2.50. The van der Waals surface area contributed by atoms with Gasteiger partial charge in [-0.15, -0.1) is 0 Å². The van der Waals surface area contributed by atoms with Gasteiger partial charge in [0.2, 0.25) is 0 Å². The van der Waals surface area contributed by atoms with E-state index in [9.17, 15) is 9.00 Å². The zero-order chi connectivity index (χ0) is 21.5. The van der Waals surface area contributed by atoms with Crippen LogP contribution in [0.3, 0.4) is 0 Å². The summed E-state index contributed by atoms with van der Waals surface area (Å²) in [4.78, 5) is 14.1. The van der Waals surface area contributed by atoms with Crippen molar-refractivity contribution in [1.82, 2.24) is 14.8 Å². The maximum Gasteiger partial charge on any atom is 0.261 e. The number of carbonyl (C=O) groups is 1. The fraction of sp³-hybridized carbons (Fsp3) is 0.350. The summed E-state index contributed by atoms with van der Waals surface area (Å²) in [6.07, 6.45) is 0. The van der Waals surface area contributed by atoms with Crippen molar-refractivity contribution in [2.75, 3.05) is 31.1 Å². The van der Waals surface area contributed by atoms with Crippen LogP contribution in [-0.2, 0) is 26.9 Å². The number of rotatable bonds is 8. The number of nitrogens with zero attached hydrogens (tertiary/aromatic N) is 3. The van der Waals surface area contributed by atoms with Gasteiger partial charge in [0.05, 0.1) is 0 Å². The number of amides is 1. The standard InChI is InChI=1S/C20H25ClN4O4S/c1-16(20(26)22-27)25(15-17-5-3-2-4-6-17)30(28)29-24-13-11-23(12-14-24)19-9-7-18(21)8-10-19/h2-10,16,27H,11-15H2,1H3,(H,22,26). The molecule has 8 nitrogen and oxygen atoms in total. The van der Waals surface area contributed by atoms with Crippen LogP contribution < -0.4 is 10.4 Å². The van der Waals surface area contributed by atoms with Gasteiger partial charge in [-0.05, 0) is 36.8 Å². The molecule has 1 heterocycles. The van der Waals surface area contributed by atoms with E-state index in [2.05, 4.69) is 4.90 Å². The van der Waals surface area contributed by atoms with Gasteiger partial charge in [-0.25, -0.2) is 9.69 Å². The molecule has 1 fully saturated rings. The molecule has 1 aliphatic heterocycles. The van der Waals surface area contributed by atoms with Crippen LogP contribution in [0.15, 0.2) is 54.6 Å². The van der Waals surface area contributed by atoms with Crippen molar-refractivity contribution in [3.05, 3.63) is 65.2 Å². The van der Waals surface area contributed by atoms with Crippen molar-refractivity contribution in [2.45, 2.75) is 19.5 Å². The molecule has 2 unspecified atom stereocenters. The van der Waals surface area contributed by atoms with Crippen LogP contribution in [0, 0.1) is 0 Å². The van der Waals surface area contributed by atoms with E-state index < -0.39 is 23.2 Å². The fourth-order valence-electron chi connectivity index (χ4n) is 3.11. The van der Waals surface area contributed by atoms with E-state index in [1.54, 1.807) is 17.5 Å². The second-order valence-electron chi connectivity index (χ2n) is 6.90. The average Bonchev–Trinajstić information content (AvgIpc) is 2.78. The number of nitrogens with one attached hydrogen (secondary N) is 1. The van der Waals surface area contributed by atoms with Crippen LogP contribution in [0.25, 0.3) is 0 Å². The number of benzene rings is 2. The largest absolute Gasteiger partial charge is 0.369 e. The minimum Gasteiger partial charge on any atom is -0.369 e. The Labute approximate surface area is 183 Å². The zero-order valence-corrected chi connectivity index (χ0v) is 18.2. The van der Waals surface area contributed by atoms with Crippen LogP contribution in [0.1, 0.15) is 12.5 Å². The zero-order valence-electron chi connectivity index (χ0n) is 16.6. The third-order valence-corrected chi connectivity index (χ3v) is 6.31. The van der Waals surface area contributed by atoms with Crippen LogP contribution in [0.4, 0.5) is 5.69 Å². The number of piperazine rings is 1. The van der Waals surface area contributed by atoms with Crippen LogP contribution >= 0.6 is 11.6 Å². The third kappa shape index (κ3) is 6.00. The summed E-state index contributed by atoms with van der Waals surface area (Å²) in [6.45, 7) is 4.29. The molecule has 0 spiro atoms. The molecule has 2 atom stereocenters. The molecule has 0 saturated carbocycles. The van der Waals surface area contributed by atoms with Gasteiger partial charge in [0.1, 0.15) is 6.04 Å². The molecule has 2 aromatic rings. The van der Waals surface area contributed by atoms with E-state index in [0.29, 0.717) is 31.2 Å². The van der Waals surface area contributed by atoms with Gasteiger partial charge in [-0.2, -0.15) is 13.7 Å². The quantitative estimate of drug-likeness (QED) is 0.472. The third-order valence-electron chi connectivity index (χ3n) is 4.89. The molecule has 10 heteroatoms. The fourth-order valence-corrected chi connectivity index (χ4v) is 4.26. The first kappa shape index (κ1) is 22.7. The van der Waals surface area contributed by atoms with E-state index in [4.69, 9.17) is 21.1 Å². The minimum absolute atomic E-state index is 0.229. The number of halogens is 1. The Morgan fingerprint density at radius 2 is 1.80 bits per heavy atom. The molecular formula is C20H25ClN4O4S. The van der Waals surface area contributed by atoms with Crippen LogP contribution in [0.5, 0.6) is 0 Å². The number of hydroxylamine groups is 3. The molecule has 0 aliphatic carbocycles. The Morgan fingerprint density at radius 1 is 1.17 bits per heavy atom. The summed E-state index contributed by atoms with van der Waals surface area (Å²) in [5.74, 6) is -0.657. The van der Waals surface area contributed by atoms with Gasteiger partial charge in [0.15, 0.2) is 0 Å². The number of hydrogen-bond donors (Lipinski definition) is 2. The molecule has 3 rings (SSSR count). The highest BCUT2D eigenvalue weighted by Gasteiger charge is 2.29. The van der Waals surface area contributed by atoms with Crippen molar-refractivity contribution in [1.29, 1.82) is 0 Å². The molecule has 0 radical (unpaired) electrons. The molecule has 30 heavy (non-hydrogen) atoms. The smallest absolute Gasteiger partial charge is 0.261 e. The SMILES string of the molecule is CC(C(=O)NO)N(Cc1ccccc1)S(=O)ON1CCN(c2ccc(Cl)cc2)CC1. The van der Waals surface area contributed by atoms with Crippen molar-refractivity contribution in [2.24, 2.45) is 0 Å². The van der Waals surface area contributed by atoms with Gasteiger partial charge < -0.3 is 4.90 Å². The summed E-state index contributed by atoms with van der Waals surface area (Å²) in [5, 5.41) is 11.3. The summed E-state index contributed by atoms with van der Waals surface area (Å²) in [6, 6.07) is 16.1. The average molecular weight is 453 g/mol. The second kappa shape index (κ2) is 10.9. The predicted octanol–water partition coefficient (Wildman–Crippen LogP) is 2.37. The highest BCUT2D eigenvalue weighted by Crippen LogP contribution is 2.20. The minimum atomic E-state index is -1.92. The lowest BCUT2D eigenvalue weighted by atomic mass is 10.2. The Kier molecular flexibility index (Phi) is 8.20. The Bertz CT molecular complexity index is 848. The molecule has 1 saturated heterocycles. The van der Waals surface area contributed by atoms with Crippen molar-refractivity contribution in [3.63, 3.8) is 0 Å². The van der Waals surface area contributed by atoms with E-state index in [1.165, 1.54) is 4.31 Å². The molecule has 1 amide bonds. The predicted molar refractivity (Wildman–Crippen MR) is 116 cm³/mol. The lowest BCUT2D eigenvalue weighted by Gasteiger charge is -2.36. The van der Waals surface area contributed by atoms with Gasteiger partial charge in [-0.3, -0.25) is 10.0 Å². The number of carbonyl (C=O) groups excluding carboxylic acids is 1. The first-order valence-electron chi connectivity index (χ1n) is 9.58. The highest BCUT2D eigenvalue weighted by molar-refractivity contribution is 7.77. The van der Waals surface area contributed by atoms with Crippen LogP contribution in [-0.4, -0.2) is 56.9 Å². The van der Waals surface area contributed by atoms with Gasteiger partial charge in [-0.1, -0.05) is 41.9 Å². The van der Waals surface area contributed by atoms with Crippen molar-refractivity contribution < 1.29 is 18.5 Å².